The van der Waals surface area contributed by atoms with Gasteiger partial charge in [0.25, 0.3) is 5.92 Å². The first-order chi connectivity index (χ1) is 16.3. The van der Waals surface area contributed by atoms with Crippen molar-refractivity contribution in [3.05, 3.63) is 55.0 Å². The minimum absolute atomic E-state index is 0.0601. The lowest BCUT2D eigenvalue weighted by molar-refractivity contribution is -0.134. The highest BCUT2D eigenvalue weighted by Gasteiger charge is 2.47. The van der Waals surface area contributed by atoms with Crippen molar-refractivity contribution in [2.24, 2.45) is 0 Å². The number of nitrogen functional groups attached to an aromatic ring is 1. The number of fused-ring (bicyclic) bond motifs is 1. The summed E-state index contributed by atoms with van der Waals surface area (Å²) in [6, 6.07) is 10.3. The molecule has 0 radical (unpaired) electrons. The summed E-state index contributed by atoms with van der Waals surface area (Å²) in [5.41, 5.74) is 8.95. The van der Waals surface area contributed by atoms with Crippen molar-refractivity contribution in [3.8, 4) is 22.6 Å². The lowest BCUT2D eigenvalue weighted by Crippen LogP contribution is -2.44. The monoisotopic (exact) mass is 467 g/mol. The van der Waals surface area contributed by atoms with Gasteiger partial charge in [-0.1, -0.05) is 19.9 Å². The zero-order valence-electron chi connectivity index (χ0n) is 18.7. The Morgan fingerprint density at radius 3 is 2.59 bits per heavy atom. The van der Waals surface area contributed by atoms with E-state index in [-0.39, 0.29) is 11.2 Å². The fourth-order valence-electron chi connectivity index (χ4n) is 3.84. The smallest absolute Gasteiger partial charge is 0.490 e. The third kappa shape index (κ3) is 4.57. The van der Waals surface area contributed by atoms with Crippen LogP contribution in [0.5, 0.6) is 5.75 Å². The van der Waals surface area contributed by atoms with Crippen LogP contribution in [0.4, 0.5) is 14.5 Å². The molecule has 0 bridgehead atoms. The maximum absolute atomic E-state index is 13.3. The molecule has 0 amide bonds. The van der Waals surface area contributed by atoms with Gasteiger partial charge in [-0.2, -0.15) is 15.3 Å². The van der Waals surface area contributed by atoms with Gasteiger partial charge in [0.05, 0.1) is 23.1 Å². The Morgan fingerprint density at radius 2 is 1.94 bits per heavy atom. The van der Waals surface area contributed by atoms with Crippen LogP contribution >= 0.6 is 0 Å². The molecular formula is C23H24BF2N5O3. The van der Waals surface area contributed by atoms with E-state index in [0.29, 0.717) is 28.0 Å². The molecule has 34 heavy (non-hydrogen) atoms. The zero-order valence-corrected chi connectivity index (χ0v) is 18.7. The molecule has 2 heterocycles. The minimum atomic E-state index is -2.76. The largest absolute Gasteiger partial charge is 0.492 e. The average molecular weight is 467 g/mol. The van der Waals surface area contributed by atoms with Crippen molar-refractivity contribution in [2.45, 2.75) is 38.7 Å². The normalized spacial score (nSPS) is 14.8. The van der Waals surface area contributed by atoms with E-state index in [0.717, 1.165) is 5.39 Å². The molecule has 0 saturated heterocycles. The van der Waals surface area contributed by atoms with Crippen LogP contribution in [0.3, 0.4) is 0 Å². The van der Waals surface area contributed by atoms with Crippen LogP contribution in [0.1, 0.15) is 26.7 Å². The van der Waals surface area contributed by atoms with Crippen molar-refractivity contribution in [1.82, 2.24) is 20.0 Å². The van der Waals surface area contributed by atoms with E-state index in [1.807, 2.05) is 19.9 Å². The van der Waals surface area contributed by atoms with Crippen LogP contribution in [0.2, 0.25) is 0 Å². The third-order valence-electron chi connectivity index (χ3n) is 5.49. The fourth-order valence-corrected chi connectivity index (χ4v) is 3.84. The van der Waals surface area contributed by atoms with E-state index in [2.05, 4.69) is 15.3 Å². The second-order valence-corrected chi connectivity index (χ2v) is 7.77. The molecule has 0 aliphatic heterocycles. The van der Waals surface area contributed by atoms with E-state index >= 15 is 0 Å². The van der Waals surface area contributed by atoms with Crippen molar-refractivity contribution in [1.29, 1.82) is 0 Å². The molecule has 1 fully saturated rings. The molecule has 11 heteroatoms. The number of nitrogens with zero attached hydrogens (tertiary/aromatic N) is 4. The summed E-state index contributed by atoms with van der Waals surface area (Å²) in [6.07, 6.45) is 3.23. The van der Waals surface area contributed by atoms with E-state index < -0.39 is 32.0 Å². The summed E-state index contributed by atoms with van der Waals surface area (Å²) < 4.78 is 33.9. The predicted octanol–water partition coefficient (Wildman–Crippen LogP) is 2.95. The van der Waals surface area contributed by atoms with Gasteiger partial charge in [0.15, 0.2) is 0 Å². The first-order valence-corrected chi connectivity index (χ1v) is 10.9. The Hall–Kier alpha value is -3.57. The number of aromatic nitrogens is 4. The average Bonchev–Trinajstić information content (AvgIpc) is 3.33. The van der Waals surface area contributed by atoms with Gasteiger partial charge in [0.2, 0.25) is 0 Å². The third-order valence-corrected chi connectivity index (χ3v) is 5.49. The highest BCUT2D eigenvalue weighted by Crippen LogP contribution is 2.40. The number of anilines is 1. The fraction of sp³-hybridized carbons (Fsp3) is 0.261. The van der Waals surface area contributed by atoms with Gasteiger partial charge >= 0.3 is 7.12 Å². The van der Waals surface area contributed by atoms with Gasteiger partial charge in [-0.25, -0.2) is 13.5 Å². The maximum atomic E-state index is 13.3. The van der Waals surface area contributed by atoms with Crippen LogP contribution in [-0.2, 0) is 0 Å². The summed E-state index contributed by atoms with van der Waals surface area (Å²) in [5, 5.41) is 33.0. The Kier molecular flexibility index (Phi) is 6.49. The van der Waals surface area contributed by atoms with Crippen molar-refractivity contribution < 1.29 is 23.6 Å². The molecule has 0 atom stereocenters. The van der Waals surface area contributed by atoms with Gasteiger partial charge < -0.3 is 20.5 Å². The van der Waals surface area contributed by atoms with E-state index in [1.165, 1.54) is 6.20 Å². The number of alkyl halides is 2. The van der Waals surface area contributed by atoms with E-state index in [9.17, 15) is 18.8 Å². The quantitative estimate of drug-likeness (QED) is 0.386. The lowest BCUT2D eigenvalue weighted by Gasteiger charge is -2.35. The number of hydrogen-bond acceptors (Lipinski definition) is 7. The van der Waals surface area contributed by atoms with Crippen molar-refractivity contribution in [2.75, 3.05) is 5.73 Å². The molecule has 8 nitrogen and oxygen atoms in total. The molecule has 5 rings (SSSR count). The molecule has 4 N–H and O–H groups in total. The summed E-state index contributed by atoms with van der Waals surface area (Å²) in [4.78, 5) is 0. The first kappa shape index (κ1) is 23.6. The van der Waals surface area contributed by atoms with Gasteiger partial charge in [-0.05, 0) is 29.8 Å². The summed E-state index contributed by atoms with van der Waals surface area (Å²) in [5.74, 6) is -2.65. The SMILES string of the molecule is CC.Nc1cnnc2cc(-c3cc(B(O)O)c(OC4CC(F)(F)C4)cc3-n3cccn3)ccc12. The van der Waals surface area contributed by atoms with Gasteiger partial charge in [-0.3, -0.25) is 0 Å². The number of nitrogens with two attached hydrogens (primary N) is 1. The van der Waals surface area contributed by atoms with Crippen molar-refractivity contribution in [3.63, 3.8) is 0 Å². The highest BCUT2D eigenvalue weighted by molar-refractivity contribution is 6.60. The molecule has 2 aromatic heterocycles. The molecule has 1 aliphatic rings. The van der Waals surface area contributed by atoms with Crippen LogP contribution in [-0.4, -0.2) is 49.2 Å². The molecule has 0 spiro atoms. The Bertz CT molecular complexity index is 1290. The molecule has 176 valence electrons. The maximum Gasteiger partial charge on any atom is 0.492 e. The van der Waals surface area contributed by atoms with Gasteiger partial charge in [0.1, 0.15) is 11.9 Å². The number of benzene rings is 2. The predicted molar refractivity (Wildman–Crippen MR) is 126 cm³/mol. The summed E-state index contributed by atoms with van der Waals surface area (Å²) in [6.45, 7) is 4.00. The van der Waals surface area contributed by atoms with Crippen molar-refractivity contribution >= 4 is 29.2 Å². The zero-order chi connectivity index (χ0) is 24.5. The molecule has 0 unspecified atom stereocenters. The molecular weight excluding hydrogens is 443 g/mol. The Labute approximate surface area is 195 Å². The second-order valence-electron chi connectivity index (χ2n) is 7.77. The number of ether oxygens (including phenoxy) is 1. The molecule has 4 aromatic rings. The summed E-state index contributed by atoms with van der Waals surface area (Å²) >= 11 is 0. The lowest BCUT2D eigenvalue weighted by atomic mass is 9.77. The van der Waals surface area contributed by atoms with Gasteiger partial charge in [-0.15, -0.1) is 0 Å². The molecule has 2 aromatic carbocycles. The van der Waals surface area contributed by atoms with Crippen LogP contribution < -0.4 is 15.9 Å². The number of hydrogen-bond donors (Lipinski definition) is 3. The first-order valence-electron chi connectivity index (χ1n) is 10.9. The Balaban J connectivity index is 0.00000133. The topological polar surface area (TPSA) is 119 Å². The van der Waals surface area contributed by atoms with Gasteiger partial charge in [0, 0.05) is 47.7 Å². The molecule has 1 aliphatic carbocycles. The Morgan fingerprint density at radius 1 is 1.18 bits per heavy atom. The van der Waals surface area contributed by atoms with E-state index in [1.54, 1.807) is 47.4 Å². The highest BCUT2D eigenvalue weighted by atomic mass is 19.3. The second kappa shape index (κ2) is 9.36. The van der Waals surface area contributed by atoms with Crippen LogP contribution in [0.15, 0.2) is 55.0 Å². The number of rotatable bonds is 5. The standard InChI is InChI=1S/C21H18BF2N5O3.C2H6/c23-21(24)9-13(10-21)32-20-8-19(29-5-1-4-27-29)15(7-16(20)22(30)31)12-2-3-14-17(25)11-26-28-18(14)6-12;1-2/h1-8,11,13,30-31H,9-10H2,(H2,25,28);1-2H3. The summed E-state index contributed by atoms with van der Waals surface area (Å²) in [7, 11) is -1.87. The number of halogens is 2. The van der Waals surface area contributed by atoms with E-state index in [4.69, 9.17) is 10.5 Å². The van der Waals surface area contributed by atoms with Crippen LogP contribution in [0, 0.1) is 0 Å². The minimum Gasteiger partial charge on any atom is -0.490 e. The van der Waals surface area contributed by atoms with Crippen LogP contribution in [0.25, 0.3) is 27.7 Å². The molecule has 1 saturated carbocycles.